The number of hydrogen-bond donors (Lipinski definition) is 1. The molecule has 0 amide bonds. The highest BCUT2D eigenvalue weighted by molar-refractivity contribution is 5.24. The Hall–Kier alpha value is -1.64. The van der Waals surface area contributed by atoms with Crippen molar-refractivity contribution in [3.8, 4) is 0 Å². The molecule has 0 bridgehead atoms. The van der Waals surface area contributed by atoms with Crippen molar-refractivity contribution in [3.05, 3.63) is 71.8 Å². The number of nitrogens with zero attached hydrogens (tertiary/aromatic N) is 1. The van der Waals surface area contributed by atoms with Crippen molar-refractivity contribution in [2.75, 3.05) is 19.6 Å². The van der Waals surface area contributed by atoms with Crippen LogP contribution in [0.5, 0.6) is 0 Å². The minimum Gasteiger partial charge on any atom is -0.312 e. The van der Waals surface area contributed by atoms with E-state index in [1.165, 1.54) is 30.5 Å². The van der Waals surface area contributed by atoms with Gasteiger partial charge in [0.1, 0.15) is 0 Å². The molecule has 0 saturated carbocycles. The Morgan fingerprint density at radius 3 is 2.38 bits per heavy atom. The highest BCUT2D eigenvalue weighted by Crippen LogP contribution is 2.23. The zero-order valence-corrected chi connectivity index (χ0v) is 15.0. The minimum atomic E-state index is 0.170. The molecule has 1 atom stereocenters. The van der Waals surface area contributed by atoms with Crippen LogP contribution in [0.2, 0.25) is 0 Å². The lowest BCUT2D eigenvalue weighted by Crippen LogP contribution is -2.48. The maximum atomic E-state index is 3.83. The van der Waals surface area contributed by atoms with Gasteiger partial charge in [-0.15, -0.1) is 0 Å². The predicted molar refractivity (Wildman–Crippen MR) is 102 cm³/mol. The smallest absolute Gasteiger partial charge is 0.0234 e. The summed E-state index contributed by atoms with van der Waals surface area (Å²) in [7, 11) is 0. The molecule has 3 rings (SSSR count). The largest absolute Gasteiger partial charge is 0.312 e. The quantitative estimate of drug-likeness (QED) is 0.856. The molecule has 0 spiro atoms. The average Bonchev–Trinajstić information content (AvgIpc) is 2.62. The van der Waals surface area contributed by atoms with Gasteiger partial charge in [0.15, 0.2) is 0 Å². The fourth-order valence-corrected chi connectivity index (χ4v) is 3.60. The second kappa shape index (κ2) is 7.96. The number of rotatable bonds is 6. The van der Waals surface area contributed by atoms with E-state index in [1.807, 2.05) is 0 Å². The molecule has 1 heterocycles. The van der Waals surface area contributed by atoms with Gasteiger partial charge in [-0.1, -0.05) is 74.5 Å². The molecule has 1 aliphatic rings. The fourth-order valence-electron chi connectivity index (χ4n) is 3.60. The first-order valence-corrected chi connectivity index (χ1v) is 9.19. The van der Waals surface area contributed by atoms with Gasteiger partial charge in [-0.2, -0.15) is 0 Å². The van der Waals surface area contributed by atoms with E-state index >= 15 is 0 Å². The van der Waals surface area contributed by atoms with E-state index in [-0.39, 0.29) is 5.41 Å². The van der Waals surface area contributed by atoms with Gasteiger partial charge in [0.2, 0.25) is 0 Å². The third kappa shape index (κ3) is 4.68. The Bertz CT molecular complexity index is 606. The van der Waals surface area contributed by atoms with Crippen LogP contribution in [0.4, 0.5) is 0 Å². The van der Waals surface area contributed by atoms with E-state index in [9.17, 15) is 0 Å². The molecule has 128 valence electrons. The van der Waals surface area contributed by atoms with Gasteiger partial charge in [-0.3, -0.25) is 4.90 Å². The van der Waals surface area contributed by atoms with Crippen molar-refractivity contribution in [2.45, 2.75) is 44.7 Å². The topological polar surface area (TPSA) is 15.3 Å². The third-order valence-corrected chi connectivity index (χ3v) is 5.14. The third-order valence-electron chi connectivity index (χ3n) is 5.14. The summed E-state index contributed by atoms with van der Waals surface area (Å²) in [6.07, 6.45) is 2.58. The zero-order valence-electron chi connectivity index (χ0n) is 15.0. The lowest BCUT2D eigenvalue weighted by atomic mass is 9.84. The average molecular weight is 322 g/mol. The van der Waals surface area contributed by atoms with Crippen LogP contribution in [0.15, 0.2) is 60.7 Å². The molecule has 1 N–H and O–H groups in total. The van der Waals surface area contributed by atoms with Crippen LogP contribution in [-0.2, 0) is 12.0 Å². The summed E-state index contributed by atoms with van der Waals surface area (Å²) >= 11 is 0. The van der Waals surface area contributed by atoms with Gasteiger partial charge in [-0.05, 0) is 30.5 Å². The number of benzene rings is 2. The van der Waals surface area contributed by atoms with E-state index < -0.39 is 0 Å². The summed E-state index contributed by atoms with van der Waals surface area (Å²) in [5.41, 5.74) is 3.00. The molecule has 1 unspecified atom stereocenters. The molecule has 0 radical (unpaired) electrons. The van der Waals surface area contributed by atoms with Crippen molar-refractivity contribution >= 4 is 0 Å². The lowest BCUT2D eigenvalue weighted by molar-refractivity contribution is 0.179. The molecule has 24 heavy (non-hydrogen) atoms. The molecule has 2 aromatic carbocycles. The van der Waals surface area contributed by atoms with Crippen LogP contribution < -0.4 is 5.32 Å². The van der Waals surface area contributed by atoms with E-state index in [0.29, 0.717) is 6.04 Å². The first kappa shape index (κ1) is 17.2. The molecular formula is C22H30N2. The maximum absolute atomic E-state index is 3.83. The Balaban J connectivity index is 1.52. The van der Waals surface area contributed by atoms with Crippen molar-refractivity contribution in [1.82, 2.24) is 10.2 Å². The molecule has 1 saturated heterocycles. The van der Waals surface area contributed by atoms with Gasteiger partial charge < -0.3 is 5.32 Å². The summed E-state index contributed by atoms with van der Waals surface area (Å²) in [6, 6.07) is 22.3. The summed E-state index contributed by atoms with van der Waals surface area (Å²) in [5.74, 6) is 0. The first-order chi connectivity index (χ1) is 11.6. The summed E-state index contributed by atoms with van der Waals surface area (Å²) < 4.78 is 0. The summed E-state index contributed by atoms with van der Waals surface area (Å²) in [5, 5.41) is 3.83. The lowest BCUT2D eigenvalue weighted by Gasteiger charge is -2.35. The van der Waals surface area contributed by atoms with Gasteiger partial charge >= 0.3 is 0 Å². The fraction of sp³-hybridized carbons (Fsp3) is 0.455. The van der Waals surface area contributed by atoms with Gasteiger partial charge in [0.25, 0.3) is 0 Å². The Morgan fingerprint density at radius 2 is 1.67 bits per heavy atom. The molecular weight excluding hydrogens is 292 g/mol. The van der Waals surface area contributed by atoms with Crippen molar-refractivity contribution in [3.63, 3.8) is 0 Å². The van der Waals surface area contributed by atoms with E-state index in [2.05, 4.69) is 84.7 Å². The maximum Gasteiger partial charge on any atom is 0.0234 e. The number of piperidine rings is 1. The van der Waals surface area contributed by atoms with Crippen LogP contribution in [0.3, 0.4) is 0 Å². The predicted octanol–water partition coefficient (Wildman–Crippen LogP) is 4.22. The van der Waals surface area contributed by atoms with Gasteiger partial charge in [-0.25, -0.2) is 0 Å². The standard InChI is InChI=1S/C22H30N2/c1-22(2,20-12-7-4-8-13-20)18-23-21-14-9-15-24(17-21)16-19-10-5-3-6-11-19/h3-8,10-13,21,23H,9,14-18H2,1-2H3. The molecule has 2 aromatic rings. The first-order valence-electron chi connectivity index (χ1n) is 9.19. The van der Waals surface area contributed by atoms with Crippen LogP contribution in [0, 0.1) is 0 Å². The van der Waals surface area contributed by atoms with Crippen molar-refractivity contribution in [2.24, 2.45) is 0 Å². The van der Waals surface area contributed by atoms with Crippen LogP contribution >= 0.6 is 0 Å². The second-order valence-electron chi connectivity index (χ2n) is 7.69. The normalized spacial score (nSPS) is 19.3. The summed E-state index contributed by atoms with van der Waals surface area (Å²) in [4.78, 5) is 2.59. The number of hydrogen-bond acceptors (Lipinski definition) is 2. The molecule has 0 aromatic heterocycles. The highest BCUT2D eigenvalue weighted by atomic mass is 15.2. The van der Waals surface area contributed by atoms with Crippen LogP contribution in [0.1, 0.15) is 37.8 Å². The number of nitrogens with one attached hydrogen (secondary N) is 1. The molecule has 2 heteroatoms. The highest BCUT2D eigenvalue weighted by Gasteiger charge is 2.24. The summed E-state index contributed by atoms with van der Waals surface area (Å²) in [6.45, 7) is 9.14. The Kier molecular flexibility index (Phi) is 5.70. The van der Waals surface area contributed by atoms with E-state index in [1.54, 1.807) is 0 Å². The zero-order chi connectivity index (χ0) is 16.8. The molecule has 2 nitrogen and oxygen atoms in total. The van der Waals surface area contributed by atoms with E-state index in [4.69, 9.17) is 0 Å². The van der Waals surface area contributed by atoms with Crippen LogP contribution in [-0.4, -0.2) is 30.6 Å². The van der Waals surface area contributed by atoms with Gasteiger partial charge in [0, 0.05) is 31.1 Å². The van der Waals surface area contributed by atoms with Crippen molar-refractivity contribution in [1.29, 1.82) is 0 Å². The van der Waals surface area contributed by atoms with E-state index in [0.717, 1.165) is 19.6 Å². The molecule has 0 aliphatic carbocycles. The molecule has 1 aliphatic heterocycles. The van der Waals surface area contributed by atoms with Crippen LogP contribution in [0.25, 0.3) is 0 Å². The monoisotopic (exact) mass is 322 g/mol. The second-order valence-corrected chi connectivity index (χ2v) is 7.69. The van der Waals surface area contributed by atoms with Crippen molar-refractivity contribution < 1.29 is 0 Å². The Morgan fingerprint density at radius 1 is 1.00 bits per heavy atom. The minimum absolute atomic E-state index is 0.170. The Labute approximate surface area is 146 Å². The number of likely N-dealkylation sites (tertiary alicyclic amines) is 1. The SMILES string of the molecule is CC(C)(CNC1CCCN(Cc2ccccc2)C1)c1ccccc1. The molecule has 1 fully saturated rings. The van der Waals surface area contributed by atoms with Gasteiger partial charge in [0.05, 0.1) is 0 Å².